The summed E-state index contributed by atoms with van der Waals surface area (Å²) in [7, 11) is 0. The van der Waals surface area contributed by atoms with Gasteiger partial charge in [-0.2, -0.15) is 9.61 Å². The molecule has 2 heterocycles. The number of amides is 1. The fraction of sp³-hybridized carbons (Fsp3) is 0.174. The van der Waals surface area contributed by atoms with Gasteiger partial charge in [-0.15, -0.1) is 0 Å². The van der Waals surface area contributed by atoms with Gasteiger partial charge in [-0.1, -0.05) is 11.3 Å². The van der Waals surface area contributed by atoms with Crippen molar-refractivity contribution >= 4 is 33.9 Å². The van der Waals surface area contributed by atoms with E-state index in [4.69, 9.17) is 9.47 Å². The van der Waals surface area contributed by atoms with E-state index < -0.39 is 5.97 Å². The van der Waals surface area contributed by atoms with Crippen LogP contribution >= 0.6 is 11.3 Å². The summed E-state index contributed by atoms with van der Waals surface area (Å²) in [5, 5.41) is 7.56. The molecule has 2 aromatic heterocycles. The number of rotatable bonds is 7. The van der Waals surface area contributed by atoms with Crippen LogP contribution in [-0.4, -0.2) is 33.1 Å². The first-order valence-electron chi connectivity index (χ1n) is 10.1. The van der Waals surface area contributed by atoms with Gasteiger partial charge in [0.15, 0.2) is 0 Å². The van der Waals surface area contributed by atoms with Gasteiger partial charge in [0.25, 0.3) is 11.5 Å². The third-order valence-electron chi connectivity index (χ3n) is 4.56. The van der Waals surface area contributed by atoms with Gasteiger partial charge in [-0.3, -0.25) is 9.59 Å². The maximum Gasteiger partial charge on any atom is 0.338 e. The van der Waals surface area contributed by atoms with Gasteiger partial charge in [-0.25, -0.2) is 9.78 Å². The zero-order chi connectivity index (χ0) is 23.4. The molecule has 168 valence electrons. The minimum absolute atomic E-state index is 0.141. The van der Waals surface area contributed by atoms with E-state index in [9.17, 15) is 14.4 Å². The summed E-state index contributed by atoms with van der Waals surface area (Å²) in [4.78, 5) is 41.6. The lowest BCUT2D eigenvalue weighted by Crippen LogP contribution is -2.16. The largest absolute Gasteiger partial charge is 0.494 e. The lowest BCUT2D eigenvalue weighted by molar-refractivity contribution is 0.0467. The molecule has 0 aliphatic carbocycles. The number of hydrogen-bond acceptors (Lipinski definition) is 8. The first-order chi connectivity index (χ1) is 15.9. The normalized spacial score (nSPS) is 10.7. The molecular formula is C23H20N4O5S. The van der Waals surface area contributed by atoms with E-state index in [1.54, 1.807) is 55.5 Å². The first-order valence-corrected chi connectivity index (χ1v) is 10.9. The molecule has 10 heteroatoms. The molecule has 0 spiro atoms. The molecule has 0 fully saturated rings. The molecule has 1 amide bonds. The van der Waals surface area contributed by atoms with Crippen LogP contribution in [0, 0.1) is 6.92 Å². The summed E-state index contributed by atoms with van der Waals surface area (Å²) < 4.78 is 11.9. The van der Waals surface area contributed by atoms with Crippen LogP contribution in [0.25, 0.3) is 4.96 Å². The molecule has 1 N–H and O–H groups in total. The molecule has 0 aliphatic rings. The lowest BCUT2D eigenvalue weighted by Gasteiger charge is -2.08. The molecule has 0 unspecified atom stereocenters. The number of nitrogens with one attached hydrogen (secondary N) is 1. The summed E-state index contributed by atoms with van der Waals surface area (Å²) in [6, 6.07) is 14.4. The van der Waals surface area contributed by atoms with Gasteiger partial charge in [0.05, 0.1) is 17.9 Å². The van der Waals surface area contributed by atoms with Gasteiger partial charge in [-0.05, 0) is 62.4 Å². The number of anilines is 1. The van der Waals surface area contributed by atoms with Gasteiger partial charge in [0.2, 0.25) is 4.96 Å². The van der Waals surface area contributed by atoms with Gasteiger partial charge >= 0.3 is 5.97 Å². The lowest BCUT2D eigenvalue weighted by atomic mass is 10.1. The zero-order valence-electron chi connectivity index (χ0n) is 17.9. The Kier molecular flexibility index (Phi) is 6.45. The average Bonchev–Trinajstić information content (AvgIpc) is 3.19. The van der Waals surface area contributed by atoms with E-state index in [1.165, 1.54) is 21.9 Å². The number of aryl methyl sites for hydroxylation is 1. The second-order valence-corrected chi connectivity index (χ2v) is 8.13. The van der Waals surface area contributed by atoms with E-state index in [1.807, 2.05) is 6.92 Å². The Balaban J connectivity index is 1.36. The van der Waals surface area contributed by atoms with Crippen LogP contribution in [0.1, 0.15) is 38.3 Å². The Morgan fingerprint density at radius 1 is 1.06 bits per heavy atom. The van der Waals surface area contributed by atoms with Crippen LogP contribution in [0.2, 0.25) is 0 Å². The van der Waals surface area contributed by atoms with Crippen LogP contribution in [0.5, 0.6) is 5.75 Å². The van der Waals surface area contributed by atoms with Gasteiger partial charge < -0.3 is 14.8 Å². The first kappa shape index (κ1) is 22.2. The monoisotopic (exact) mass is 464 g/mol. The maximum atomic E-state index is 12.4. The smallest absolute Gasteiger partial charge is 0.338 e. The highest BCUT2D eigenvalue weighted by Gasteiger charge is 2.12. The molecule has 0 saturated carbocycles. The molecule has 2 aromatic carbocycles. The highest BCUT2D eigenvalue weighted by Crippen LogP contribution is 2.16. The molecule has 0 aliphatic heterocycles. The van der Waals surface area contributed by atoms with Crippen molar-refractivity contribution in [1.82, 2.24) is 14.6 Å². The number of aromatic nitrogens is 3. The molecule has 9 nitrogen and oxygen atoms in total. The summed E-state index contributed by atoms with van der Waals surface area (Å²) in [6.45, 7) is 4.08. The van der Waals surface area contributed by atoms with E-state index in [-0.39, 0.29) is 18.1 Å². The highest BCUT2D eigenvalue weighted by atomic mass is 32.1. The Hall–Kier alpha value is -4.05. The van der Waals surface area contributed by atoms with Crippen LogP contribution in [0.4, 0.5) is 5.69 Å². The van der Waals surface area contributed by atoms with Crippen LogP contribution in [-0.2, 0) is 11.3 Å². The number of fused-ring (bicyclic) bond motifs is 1. The number of nitrogens with zero attached hydrogens (tertiary/aromatic N) is 3. The predicted molar refractivity (Wildman–Crippen MR) is 123 cm³/mol. The van der Waals surface area contributed by atoms with Crippen molar-refractivity contribution in [2.45, 2.75) is 20.5 Å². The van der Waals surface area contributed by atoms with E-state index in [0.29, 0.717) is 44.8 Å². The van der Waals surface area contributed by atoms with Crippen LogP contribution < -0.4 is 15.6 Å². The molecule has 4 aromatic rings. The van der Waals surface area contributed by atoms with E-state index >= 15 is 0 Å². The van der Waals surface area contributed by atoms with Crippen molar-refractivity contribution in [2.24, 2.45) is 0 Å². The van der Waals surface area contributed by atoms with Gasteiger partial charge in [0, 0.05) is 17.3 Å². The van der Waals surface area contributed by atoms with Crippen molar-refractivity contribution in [3.8, 4) is 5.75 Å². The fourth-order valence-corrected chi connectivity index (χ4v) is 3.78. The van der Waals surface area contributed by atoms with Crippen LogP contribution in [0.3, 0.4) is 0 Å². The van der Waals surface area contributed by atoms with Crippen molar-refractivity contribution in [1.29, 1.82) is 0 Å². The van der Waals surface area contributed by atoms with Crippen molar-refractivity contribution in [3.05, 3.63) is 86.8 Å². The molecular weight excluding hydrogens is 444 g/mol. The van der Waals surface area contributed by atoms with Crippen molar-refractivity contribution in [3.63, 3.8) is 0 Å². The predicted octanol–water partition coefficient (Wildman–Crippen LogP) is 3.47. The number of esters is 1. The number of carbonyl (C=O) groups excluding carboxylic acids is 2. The molecule has 33 heavy (non-hydrogen) atoms. The fourth-order valence-electron chi connectivity index (χ4n) is 3.01. The topological polar surface area (TPSA) is 112 Å². The standard InChI is InChI=1S/C23H20N4O5S/c1-3-31-19-10-6-15(7-11-19)21(29)24-17-8-4-16(5-9-17)22(30)32-13-18-12-20(28)27-23(25-18)33-14(2)26-27/h4-12H,3,13H2,1-2H3,(H,24,29). The Morgan fingerprint density at radius 2 is 1.76 bits per heavy atom. The number of carbonyl (C=O) groups is 2. The minimum atomic E-state index is -0.568. The van der Waals surface area contributed by atoms with Crippen molar-refractivity contribution in [2.75, 3.05) is 11.9 Å². The highest BCUT2D eigenvalue weighted by molar-refractivity contribution is 7.16. The number of ether oxygens (including phenoxy) is 2. The summed E-state index contributed by atoms with van der Waals surface area (Å²) in [6.07, 6.45) is 0. The zero-order valence-corrected chi connectivity index (χ0v) is 18.7. The number of benzene rings is 2. The quantitative estimate of drug-likeness (QED) is 0.417. The Labute approximate surface area is 192 Å². The average molecular weight is 465 g/mol. The summed E-state index contributed by atoms with van der Waals surface area (Å²) in [5.74, 6) is -0.152. The van der Waals surface area contributed by atoms with Crippen LogP contribution in [0.15, 0.2) is 59.4 Å². The second-order valence-electron chi connectivity index (χ2n) is 6.97. The SMILES string of the molecule is CCOc1ccc(C(=O)Nc2ccc(C(=O)OCc3cc(=O)n4nc(C)sc4n3)cc2)cc1. The second kappa shape index (κ2) is 9.61. The molecule has 0 bridgehead atoms. The maximum absolute atomic E-state index is 12.4. The van der Waals surface area contributed by atoms with Gasteiger partial charge in [0.1, 0.15) is 17.4 Å². The summed E-state index contributed by atoms with van der Waals surface area (Å²) >= 11 is 1.28. The minimum Gasteiger partial charge on any atom is -0.494 e. The van der Waals surface area contributed by atoms with E-state index in [2.05, 4.69) is 15.4 Å². The Bertz CT molecular complexity index is 1360. The Morgan fingerprint density at radius 3 is 2.45 bits per heavy atom. The van der Waals surface area contributed by atoms with Crippen molar-refractivity contribution < 1.29 is 19.1 Å². The summed E-state index contributed by atoms with van der Waals surface area (Å²) in [5.41, 5.74) is 1.34. The molecule has 0 atom stereocenters. The third-order valence-corrected chi connectivity index (χ3v) is 5.38. The molecule has 4 rings (SSSR count). The molecule has 0 saturated heterocycles. The molecule has 0 radical (unpaired) electrons. The third kappa shape index (κ3) is 5.24. The number of hydrogen-bond donors (Lipinski definition) is 1. The van der Waals surface area contributed by atoms with E-state index in [0.717, 1.165) is 0 Å².